The van der Waals surface area contributed by atoms with Crippen molar-refractivity contribution in [2.24, 2.45) is 0 Å². The van der Waals surface area contributed by atoms with Crippen molar-refractivity contribution in [2.45, 2.75) is 45.6 Å². The molecule has 2 aromatic rings. The van der Waals surface area contributed by atoms with Crippen molar-refractivity contribution in [2.75, 3.05) is 6.54 Å². The number of hydrogen-bond donors (Lipinski definition) is 0. The minimum Gasteiger partial charge on any atom is -0.425 e. The van der Waals surface area contributed by atoms with Gasteiger partial charge in [0.15, 0.2) is 0 Å². The number of carbonyl (C=O) groups excluding carboxylic acids is 1. The molecule has 0 spiro atoms. The number of rotatable bonds is 3. The van der Waals surface area contributed by atoms with Gasteiger partial charge in [-0.3, -0.25) is 4.79 Å². The third kappa shape index (κ3) is 3.40. The molecule has 0 radical (unpaired) electrons. The minimum atomic E-state index is 0.0461. The fourth-order valence-electron chi connectivity index (χ4n) is 3.30. The molecule has 0 unspecified atom stereocenters. The van der Waals surface area contributed by atoms with E-state index in [0.717, 1.165) is 30.5 Å². The smallest absolute Gasteiger partial charge is 0.247 e. The lowest BCUT2D eigenvalue weighted by Gasteiger charge is -2.37. The lowest BCUT2D eigenvalue weighted by molar-refractivity contribution is -0.129. The summed E-state index contributed by atoms with van der Waals surface area (Å²) in [7, 11) is 0. The summed E-state index contributed by atoms with van der Waals surface area (Å²) in [5.41, 5.74) is 2.04. The van der Waals surface area contributed by atoms with Crippen LogP contribution in [0.5, 0.6) is 0 Å². The van der Waals surface area contributed by atoms with Gasteiger partial charge in [-0.15, -0.1) is 10.2 Å². The molecule has 24 heavy (non-hydrogen) atoms. The summed E-state index contributed by atoms with van der Waals surface area (Å²) in [5, 5.41) is 8.07. The van der Waals surface area contributed by atoms with E-state index in [0.29, 0.717) is 11.8 Å². The number of benzene rings is 1. The Balaban J connectivity index is 1.77. The largest absolute Gasteiger partial charge is 0.425 e. The van der Waals surface area contributed by atoms with E-state index in [1.54, 1.807) is 13.0 Å². The molecule has 126 valence electrons. The first-order valence-corrected chi connectivity index (χ1v) is 8.40. The molecule has 0 saturated carbocycles. The number of hydrogen-bond acceptors (Lipinski definition) is 4. The first kappa shape index (κ1) is 16.4. The molecule has 0 N–H and O–H groups in total. The molecule has 3 rings (SSSR count). The summed E-state index contributed by atoms with van der Waals surface area (Å²) in [6.07, 6.45) is 3.64. The zero-order valence-corrected chi connectivity index (χ0v) is 14.4. The molecule has 1 aliphatic heterocycles. The third-order valence-electron chi connectivity index (χ3n) is 4.70. The standard InChI is InChI=1S/C19H23N3O2/c1-13(16-8-5-4-6-9-16)12-18(23)22-11-7-10-17(14(22)2)19-21-20-15(3)24-19/h4-6,8-9,12,14,17H,7,10-11H2,1-3H3/b13-12+/t14-,17-/m0/s1. The summed E-state index contributed by atoms with van der Waals surface area (Å²) >= 11 is 0. The molecule has 5 nitrogen and oxygen atoms in total. The van der Waals surface area contributed by atoms with Crippen molar-refractivity contribution >= 4 is 11.5 Å². The van der Waals surface area contributed by atoms with Crippen LogP contribution >= 0.6 is 0 Å². The number of likely N-dealkylation sites (tertiary alicyclic amines) is 1. The Morgan fingerprint density at radius 1 is 1.29 bits per heavy atom. The molecule has 1 saturated heterocycles. The summed E-state index contributed by atoms with van der Waals surface area (Å²) in [6, 6.07) is 10.0. The van der Waals surface area contributed by atoms with E-state index in [9.17, 15) is 4.79 Å². The van der Waals surface area contributed by atoms with Gasteiger partial charge >= 0.3 is 0 Å². The second-order valence-electron chi connectivity index (χ2n) is 6.37. The average Bonchev–Trinajstić information content (AvgIpc) is 3.02. The summed E-state index contributed by atoms with van der Waals surface area (Å²) in [4.78, 5) is 14.7. The van der Waals surface area contributed by atoms with Crippen LogP contribution in [0.4, 0.5) is 0 Å². The van der Waals surface area contributed by atoms with Gasteiger partial charge in [-0.1, -0.05) is 30.3 Å². The molecule has 2 atom stereocenters. The molecule has 2 heterocycles. The van der Waals surface area contributed by atoms with Crippen LogP contribution in [-0.2, 0) is 4.79 Å². The third-order valence-corrected chi connectivity index (χ3v) is 4.70. The SMILES string of the molecule is C/C(=C\C(=O)N1CCC[C@H](c2nnc(C)o2)[C@@H]1C)c1ccccc1. The second-order valence-corrected chi connectivity index (χ2v) is 6.37. The second kappa shape index (κ2) is 6.99. The van der Waals surface area contributed by atoms with Crippen LogP contribution in [-0.4, -0.2) is 33.6 Å². The molecule has 1 amide bonds. The van der Waals surface area contributed by atoms with Crippen LogP contribution in [0.25, 0.3) is 5.57 Å². The number of carbonyl (C=O) groups is 1. The van der Waals surface area contributed by atoms with E-state index in [4.69, 9.17) is 4.42 Å². The maximum atomic E-state index is 12.8. The van der Waals surface area contributed by atoms with Gasteiger partial charge in [0.05, 0.1) is 5.92 Å². The highest BCUT2D eigenvalue weighted by Gasteiger charge is 2.34. The van der Waals surface area contributed by atoms with E-state index in [1.807, 2.05) is 42.2 Å². The number of aromatic nitrogens is 2. The zero-order valence-electron chi connectivity index (χ0n) is 14.4. The fraction of sp³-hybridized carbons (Fsp3) is 0.421. The highest BCUT2D eigenvalue weighted by molar-refractivity contribution is 5.95. The Hall–Kier alpha value is -2.43. The van der Waals surface area contributed by atoms with Gasteiger partial charge < -0.3 is 9.32 Å². The topological polar surface area (TPSA) is 59.2 Å². The normalized spacial score (nSPS) is 21.8. The number of allylic oxidation sites excluding steroid dienone is 1. The molecule has 1 aromatic carbocycles. The predicted molar refractivity (Wildman–Crippen MR) is 92.3 cm³/mol. The van der Waals surface area contributed by atoms with Gasteiger partial charge in [0.1, 0.15) is 0 Å². The average molecular weight is 325 g/mol. The first-order valence-electron chi connectivity index (χ1n) is 8.40. The Labute approximate surface area is 142 Å². The van der Waals surface area contributed by atoms with Crippen LogP contribution in [0.2, 0.25) is 0 Å². The van der Waals surface area contributed by atoms with Crippen molar-refractivity contribution in [3.8, 4) is 0 Å². The molecule has 1 aliphatic rings. The van der Waals surface area contributed by atoms with Crippen LogP contribution in [0, 0.1) is 6.92 Å². The summed E-state index contributed by atoms with van der Waals surface area (Å²) in [5.74, 6) is 1.36. The molecule has 0 aliphatic carbocycles. The van der Waals surface area contributed by atoms with Gasteiger partial charge in [0.25, 0.3) is 0 Å². The van der Waals surface area contributed by atoms with Crippen LogP contribution in [0.15, 0.2) is 40.8 Å². The molecule has 1 aromatic heterocycles. The van der Waals surface area contributed by atoms with E-state index < -0.39 is 0 Å². The molecule has 1 fully saturated rings. The fourth-order valence-corrected chi connectivity index (χ4v) is 3.30. The highest BCUT2D eigenvalue weighted by Crippen LogP contribution is 2.32. The Morgan fingerprint density at radius 3 is 2.71 bits per heavy atom. The lowest BCUT2D eigenvalue weighted by atomic mass is 9.90. The van der Waals surface area contributed by atoms with Crippen molar-refractivity contribution in [1.29, 1.82) is 0 Å². The van der Waals surface area contributed by atoms with Crippen LogP contribution in [0.1, 0.15) is 50.0 Å². The summed E-state index contributed by atoms with van der Waals surface area (Å²) in [6.45, 7) is 6.59. The van der Waals surface area contributed by atoms with Gasteiger partial charge in [-0.25, -0.2) is 0 Å². The highest BCUT2D eigenvalue weighted by atomic mass is 16.4. The zero-order chi connectivity index (χ0) is 17.1. The Bertz CT molecular complexity index is 736. The van der Waals surface area contributed by atoms with Gasteiger partial charge in [0, 0.05) is 25.6 Å². The lowest BCUT2D eigenvalue weighted by Crippen LogP contribution is -2.45. The van der Waals surface area contributed by atoms with Crippen molar-refractivity contribution in [3.63, 3.8) is 0 Å². The molecule has 0 bridgehead atoms. The number of nitrogens with zero attached hydrogens (tertiary/aromatic N) is 3. The van der Waals surface area contributed by atoms with E-state index in [-0.39, 0.29) is 17.9 Å². The quantitative estimate of drug-likeness (QED) is 0.809. The van der Waals surface area contributed by atoms with Gasteiger partial charge in [-0.2, -0.15) is 0 Å². The van der Waals surface area contributed by atoms with Gasteiger partial charge in [-0.05, 0) is 37.8 Å². The first-order chi connectivity index (χ1) is 11.6. The number of piperidine rings is 1. The number of amides is 1. The van der Waals surface area contributed by atoms with Gasteiger partial charge in [0.2, 0.25) is 17.7 Å². The number of aryl methyl sites for hydroxylation is 1. The maximum Gasteiger partial charge on any atom is 0.247 e. The van der Waals surface area contributed by atoms with E-state index >= 15 is 0 Å². The monoisotopic (exact) mass is 325 g/mol. The maximum absolute atomic E-state index is 12.8. The van der Waals surface area contributed by atoms with Crippen molar-refractivity contribution in [1.82, 2.24) is 15.1 Å². The van der Waals surface area contributed by atoms with Crippen LogP contribution in [0.3, 0.4) is 0 Å². The summed E-state index contributed by atoms with van der Waals surface area (Å²) < 4.78 is 5.60. The predicted octanol–water partition coefficient (Wildman–Crippen LogP) is 3.58. The van der Waals surface area contributed by atoms with Crippen molar-refractivity contribution in [3.05, 3.63) is 53.8 Å². The van der Waals surface area contributed by atoms with Crippen LogP contribution < -0.4 is 0 Å². The minimum absolute atomic E-state index is 0.0461. The Kier molecular flexibility index (Phi) is 4.79. The van der Waals surface area contributed by atoms with E-state index in [2.05, 4.69) is 17.1 Å². The van der Waals surface area contributed by atoms with E-state index in [1.165, 1.54) is 0 Å². The van der Waals surface area contributed by atoms with Crippen molar-refractivity contribution < 1.29 is 9.21 Å². The molecule has 5 heteroatoms. The Morgan fingerprint density at radius 2 is 2.04 bits per heavy atom. The molecular weight excluding hydrogens is 302 g/mol. The molecular formula is C19H23N3O2.